The average Bonchev–Trinajstić information content (AvgIpc) is 2.80. The third-order valence-corrected chi connectivity index (χ3v) is 5.97. The lowest BCUT2D eigenvalue weighted by Crippen LogP contribution is -2.47. The van der Waals surface area contributed by atoms with E-state index in [-0.39, 0.29) is 17.8 Å². The Morgan fingerprint density at radius 2 is 1.59 bits per heavy atom. The Hall–Kier alpha value is -3.12. The van der Waals surface area contributed by atoms with E-state index in [0.717, 1.165) is 11.6 Å². The molecule has 4 rings (SSSR count). The Labute approximate surface area is 186 Å². The highest BCUT2D eigenvalue weighted by atomic mass is 19.2. The highest BCUT2D eigenvalue weighted by Gasteiger charge is 2.30. The van der Waals surface area contributed by atoms with Gasteiger partial charge in [0.1, 0.15) is 5.82 Å². The van der Waals surface area contributed by atoms with Gasteiger partial charge in [-0.1, -0.05) is 29.8 Å². The smallest absolute Gasteiger partial charge is 0.258 e. The topological polar surface area (TPSA) is 23.6 Å². The average molecular weight is 438 g/mol. The summed E-state index contributed by atoms with van der Waals surface area (Å²) >= 11 is 0. The van der Waals surface area contributed by atoms with Gasteiger partial charge in [-0.05, 0) is 62.2 Å². The molecular weight excluding hydrogens is 413 g/mol. The van der Waals surface area contributed by atoms with E-state index in [1.807, 2.05) is 19.1 Å². The molecule has 0 radical (unpaired) electrons. The van der Waals surface area contributed by atoms with Gasteiger partial charge >= 0.3 is 0 Å². The molecule has 32 heavy (non-hydrogen) atoms. The monoisotopic (exact) mass is 438 g/mol. The first-order chi connectivity index (χ1) is 15.4. The summed E-state index contributed by atoms with van der Waals surface area (Å²) in [4.78, 5) is 17.2. The van der Waals surface area contributed by atoms with Crippen molar-refractivity contribution in [2.45, 2.75) is 32.4 Å². The van der Waals surface area contributed by atoms with Crippen LogP contribution in [-0.2, 0) is 6.54 Å². The number of nitrogens with zero attached hydrogens (tertiary/aromatic N) is 2. The standard InChI is InChI=1S/C26H25F3N2O/c1-18-5-7-19(8-6-18)26(32)31(22-11-9-21(27)10-12-22)23-13-15-30(16-14-23)17-20-3-2-4-24(28)25(20)29/h2-12,23H,13-17H2,1H3. The highest BCUT2D eigenvalue weighted by Crippen LogP contribution is 2.27. The van der Waals surface area contributed by atoms with Gasteiger partial charge in [0, 0.05) is 42.5 Å². The molecule has 1 saturated heterocycles. The predicted molar refractivity (Wildman–Crippen MR) is 119 cm³/mol. The first kappa shape index (κ1) is 22.1. The fourth-order valence-corrected chi connectivity index (χ4v) is 4.18. The molecule has 3 nitrogen and oxygen atoms in total. The molecule has 1 amide bonds. The molecule has 0 aromatic heterocycles. The summed E-state index contributed by atoms with van der Waals surface area (Å²) in [5, 5.41) is 0. The lowest BCUT2D eigenvalue weighted by Gasteiger charge is -2.38. The van der Waals surface area contributed by atoms with Crippen LogP contribution >= 0.6 is 0 Å². The number of aryl methyl sites for hydroxylation is 1. The van der Waals surface area contributed by atoms with Crippen LogP contribution in [0.4, 0.5) is 18.9 Å². The van der Waals surface area contributed by atoms with Crippen LogP contribution in [0.5, 0.6) is 0 Å². The summed E-state index contributed by atoms with van der Waals surface area (Å²) < 4.78 is 41.1. The SMILES string of the molecule is Cc1ccc(C(=O)N(c2ccc(F)cc2)C2CCN(Cc3cccc(F)c3F)CC2)cc1. The maximum Gasteiger partial charge on any atom is 0.258 e. The van der Waals surface area contributed by atoms with Crippen LogP contribution in [0.25, 0.3) is 0 Å². The van der Waals surface area contributed by atoms with Gasteiger partial charge in [0.2, 0.25) is 0 Å². The van der Waals surface area contributed by atoms with Gasteiger partial charge in [0.05, 0.1) is 0 Å². The summed E-state index contributed by atoms with van der Waals surface area (Å²) in [6, 6.07) is 17.5. The van der Waals surface area contributed by atoms with Gasteiger partial charge in [0.25, 0.3) is 5.91 Å². The molecule has 1 aliphatic heterocycles. The van der Waals surface area contributed by atoms with Crippen molar-refractivity contribution >= 4 is 11.6 Å². The van der Waals surface area contributed by atoms with Crippen LogP contribution < -0.4 is 4.90 Å². The molecule has 1 heterocycles. The third-order valence-electron chi connectivity index (χ3n) is 5.97. The number of carbonyl (C=O) groups is 1. The first-order valence-electron chi connectivity index (χ1n) is 10.7. The Morgan fingerprint density at radius 1 is 0.938 bits per heavy atom. The van der Waals surface area contributed by atoms with Crippen molar-refractivity contribution in [3.63, 3.8) is 0 Å². The predicted octanol–water partition coefficient (Wildman–Crippen LogP) is 5.72. The first-order valence-corrected chi connectivity index (χ1v) is 10.7. The van der Waals surface area contributed by atoms with E-state index < -0.39 is 11.6 Å². The normalized spacial score (nSPS) is 15.0. The second kappa shape index (κ2) is 9.57. The van der Waals surface area contributed by atoms with Crippen molar-refractivity contribution < 1.29 is 18.0 Å². The van der Waals surface area contributed by atoms with Crippen LogP contribution in [0.2, 0.25) is 0 Å². The molecule has 0 N–H and O–H groups in total. The molecule has 6 heteroatoms. The molecule has 1 fully saturated rings. The van der Waals surface area contributed by atoms with Crippen molar-refractivity contribution in [3.8, 4) is 0 Å². The molecule has 3 aromatic rings. The van der Waals surface area contributed by atoms with Crippen LogP contribution in [-0.4, -0.2) is 29.9 Å². The Morgan fingerprint density at radius 3 is 2.25 bits per heavy atom. The van der Waals surface area contributed by atoms with Gasteiger partial charge in [-0.3, -0.25) is 9.69 Å². The zero-order chi connectivity index (χ0) is 22.7. The largest absolute Gasteiger partial charge is 0.305 e. The molecular formula is C26H25F3N2O. The Kier molecular flexibility index (Phi) is 6.61. The zero-order valence-electron chi connectivity index (χ0n) is 17.9. The van der Waals surface area contributed by atoms with E-state index in [4.69, 9.17) is 0 Å². The number of piperidine rings is 1. The number of benzene rings is 3. The van der Waals surface area contributed by atoms with E-state index in [1.54, 1.807) is 35.2 Å². The number of halogens is 3. The molecule has 3 aromatic carbocycles. The van der Waals surface area contributed by atoms with E-state index in [2.05, 4.69) is 4.90 Å². The number of anilines is 1. The van der Waals surface area contributed by atoms with Crippen molar-refractivity contribution in [1.82, 2.24) is 4.90 Å². The summed E-state index contributed by atoms with van der Waals surface area (Å²) in [5.41, 5.74) is 2.61. The van der Waals surface area contributed by atoms with Crippen LogP contribution in [0.15, 0.2) is 66.7 Å². The summed E-state index contributed by atoms with van der Waals surface area (Å²) in [6.45, 7) is 3.56. The molecule has 0 bridgehead atoms. The van der Waals surface area contributed by atoms with Crippen molar-refractivity contribution in [3.05, 3.63) is 101 Å². The van der Waals surface area contributed by atoms with Crippen LogP contribution in [0, 0.1) is 24.4 Å². The third kappa shape index (κ3) is 4.86. The van der Waals surface area contributed by atoms with Gasteiger partial charge in [0.15, 0.2) is 11.6 Å². The van der Waals surface area contributed by atoms with Gasteiger partial charge in [-0.2, -0.15) is 0 Å². The fraction of sp³-hybridized carbons (Fsp3) is 0.269. The maximum atomic E-state index is 14.1. The number of rotatable bonds is 5. The highest BCUT2D eigenvalue weighted by molar-refractivity contribution is 6.06. The Balaban J connectivity index is 1.52. The molecule has 0 spiro atoms. The van der Waals surface area contributed by atoms with E-state index in [9.17, 15) is 18.0 Å². The molecule has 0 unspecified atom stereocenters. The van der Waals surface area contributed by atoms with Crippen molar-refractivity contribution in [2.24, 2.45) is 0 Å². The molecule has 1 aliphatic rings. The van der Waals surface area contributed by atoms with Gasteiger partial charge < -0.3 is 4.90 Å². The van der Waals surface area contributed by atoms with E-state index in [0.29, 0.717) is 49.3 Å². The maximum absolute atomic E-state index is 14.1. The minimum atomic E-state index is -0.844. The fourth-order valence-electron chi connectivity index (χ4n) is 4.18. The lowest BCUT2D eigenvalue weighted by atomic mass is 10.00. The summed E-state index contributed by atoms with van der Waals surface area (Å²) in [7, 11) is 0. The molecule has 0 atom stereocenters. The van der Waals surface area contributed by atoms with E-state index in [1.165, 1.54) is 18.2 Å². The lowest BCUT2D eigenvalue weighted by molar-refractivity contribution is 0.0958. The molecule has 0 aliphatic carbocycles. The number of amides is 1. The number of hydrogen-bond acceptors (Lipinski definition) is 2. The van der Waals surface area contributed by atoms with Crippen LogP contribution in [0.3, 0.4) is 0 Å². The second-order valence-corrected chi connectivity index (χ2v) is 8.24. The number of likely N-dealkylation sites (tertiary alicyclic amines) is 1. The Bertz CT molecular complexity index is 1080. The summed E-state index contributed by atoms with van der Waals surface area (Å²) in [6.07, 6.45) is 1.35. The zero-order valence-corrected chi connectivity index (χ0v) is 17.9. The molecule has 0 saturated carbocycles. The van der Waals surface area contributed by atoms with Gasteiger partial charge in [-0.25, -0.2) is 13.2 Å². The quantitative estimate of drug-likeness (QED) is 0.508. The van der Waals surface area contributed by atoms with Crippen molar-refractivity contribution in [1.29, 1.82) is 0 Å². The van der Waals surface area contributed by atoms with Crippen molar-refractivity contribution in [2.75, 3.05) is 18.0 Å². The second-order valence-electron chi connectivity index (χ2n) is 8.24. The number of hydrogen-bond donors (Lipinski definition) is 0. The molecule has 166 valence electrons. The number of carbonyl (C=O) groups excluding carboxylic acids is 1. The van der Waals surface area contributed by atoms with E-state index >= 15 is 0 Å². The minimum Gasteiger partial charge on any atom is -0.305 e. The summed E-state index contributed by atoms with van der Waals surface area (Å²) in [5.74, 6) is -2.14. The van der Waals surface area contributed by atoms with Crippen LogP contribution in [0.1, 0.15) is 34.3 Å². The van der Waals surface area contributed by atoms with Gasteiger partial charge in [-0.15, -0.1) is 0 Å². The minimum absolute atomic E-state index is 0.0807.